The topological polar surface area (TPSA) is 51.8 Å². The molecule has 236 valence electrons. The van der Waals surface area contributed by atoms with Gasteiger partial charge in [-0.1, -0.05) is 153 Å². The van der Waals surface area contributed by atoms with Crippen molar-refractivity contribution in [2.75, 3.05) is 0 Å². The Hall–Kier alpha value is -6.39. The van der Waals surface area contributed by atoms with Gasteiger partial charge in [-0.3, -0.25) is 0 Å². The maximum atomic E-state index is 6.68. The second kappa shape index (κ2) is 10.8. The van der Waals surface area contributed by atoms with Crippen molar-refractivity contribution >= 4 is 32.7 Å². The van der Waals surface area contributed by atoms with Crippen LogP contribution in [0.3, 0.4) is 0 Å². The molecular formula is C46H31N3O. The Labute approximate surface area is 289 Å². The average Bonchev–Trinajstić information content (AvgIpc) is 3.67. The van der Waals surface area contributed by atoms with Gasteiger partial charge in [0.2, 0.25) is 0 Å². The molecule has 2 aromatic heterocycles. The van der Waals surface area contributed by atoms with Gasteiger partial charge in [0.05, 0.1) is 5.56 Å². The summed E-state index contributed by atoms with van der Waals surface area (Å²) in [6, 6.07) is 52.9. The van der Waals surface area contributed by atoms with Gasteiger partial charge in [0, 0.05) is 32.7 Å². The van der Waals surface area contributed by atoms with Gasteiger partial charge >= 0.3 is 0 Å². The third-order valence-corrected chi connectivity index (χ3v) is 10.3. The summed E-state index contributed by atoms with van der Waals surface area (Å²) in [5.41, 5.74) is 11.6. The minimum atomic E-state index is -0.125. The zero-order chi connectivity index (χ0) is 33.4. The monoisotopic (exact) mass is 641 g/mol. The molecule has 0 unspecified atom stereocenters. The van der Waals surface area contributed by atoms with Crippen LogP contribution in [0.2, 0.25) is 0 Å². The molecule has 1 aliphatic carbocycles. The van der Waals surface area contributed by atoms with Crippen molar-refractivity contribution in [1.82, 2.24) is 15.0 Å². The molecule has 1 aliphatic rings. The third kappa shape index (κ3) is 4.21. The maximum absolute atomic E-state index is 6.68. The Morgan fingerprint density at radius 2 is 1.08 bits per heavy atom. The van der Waals surface area contributed by atoms with Crippen LogP contribution in [0.5, 0.6) is 0 Å². The first-order valence-corrected chi connectivity index (χ1v) is 17.0. The number of hydrogen-bond acceptors (Lipinski definition) is 4. The number of nitrogens with zero attached hydrogens (tertiary/aromatic N) is 3. The SMILES string of the molecule is CC1(C)c2ccccc2-c2c1ccc1cccc(-c3nc(-c4ccccc4)nc(-c4ccc(-c5ccccc5)c5c4oc4ccccc45)n3)c21. The van der Waals surface area contributed by atoms with E-state index in [-0.39, 0.29) is 5.41 Å². The Balaban J connectivity index is 1.28. The lowest BCUT2D eigenvalue weighted by atomic mass is 9.82. The average molecular weight is 642 g/mol. The summed E-state index contributed by atoms with van der Waals surface area (Å²) in [7, 11) is 0. The van der Waals surface area contributed by atoms with Crippen molar-refractivity contribution in [3.8, 4) is 56.4 Å². The molecular weight excluding hydrogens is 611 g/mol. The highest BCUT2D eigenvalue weighted by molar-refractivity contribution is 6.16. The van der Waals surface area contributed by atoms with E-state index < -0.39 is 0 Å². The number of benzene rings is 7. The smallest absolute Gasteiger partial charge is 0.167 e. The Kier molecular flexibility index (Phi) is 6.19. The molecule has 0 saturated heterocycles. The van der Waals surface area contributed by atoms with E-state index in [2.05, 4.69) is 129 Å². The van der Waals surface area contributed by atoms with Crippen LogP contribution < -0.4 is 0 Å². The first-order valence-electron chi connectivity index (χ1n) is 17.0. The summed E-state index contributed by atoms with van der Waals surface area (Å²) in [4.78, 5) is 15.7. The molecule has 0 N–H and O–H groups in total. The first kappa shape index (κ1) is 28.6. The minimum absolute atomic E-state index is 0.125. The van der Waals surface area contributed by atoms with Gasteiger partial charge in [-0.2, -0.15) is 0 Å². The summed E-state index contributed by atoms with van der Waals surface area (Å²) in [5, 5.41) is 4.43. The molecule has 0 bridgehead atoms. The molecule has 0 radical (unpaired) electrons. The quantitative estimate of drug-likeness (QED) is 0.192. The van der Waals surface area contributed by atoms with Crippen molar-refractivity contribution in [1.29, 1.82) is 0 Å². The van der Waals surface area contributed by atoms with E-state index in [1.54, 1.807) is 0 Å². The van der Waals surface area contributed by atoms with Gasteiger partial charge in [0.1, 0.15) is 11.2 Å². The standard InChI is InChI=1S/C46H31N3O/c1-46(2)36-22-11-9-19-32(36)41-37(46)27-24-29-18-13-21-34(39(29)41)44-47-43(30-16-7-4-8-17-30)48-45(49-44)35-26-25-31(28-14-5-3-6-15-28)40-33-20-10-12-23-38(33)50-42(35)40/h3-27H,1-2H3. The number of hydrogen-bond donors (Lipinski definition) is 0. The molecule has 4 nitrogen and oxygen atoms in total. The summed E-state index contributed by atoms with van der Waals surface area (Å²) in [6.07, 6.45) is 0. The Morgan fingerprint density at radius 1 is 0.440 bits per heavy atom. The highest BCUT2D eigenvalue weighted by Crippen LogP contribution is 2.52. The zero-order valence-corrected chi connectivity index (χ0v) is 27.7. The van der Waals surface area contributed by atoms with Crippen LogP contribution in [0.1, 0.15) is 25.0 Å². The second-order valence-corrected chi connectivity index (χ2v) is 13.6. The van der Waals surface area contributed by atoms with Crippen LogP contribution in [0.4, 0.5) is 0 Å². The maximum Gasteiger partial charge on any atom is 0.167 e. The van der Waals surface area contributed by atoms with Gasteiger partial charge < -0.3 is 4.42 Å². The third-order valence-electron chi connectivity index (χ3n) is 10.3. The highest BCUT2D eigenvalue weighted by Gasteiger charge is 2.36. The van der Waals surface area contributed by atoms with E-state index in [0.717, 1.165) is 60.5 Å². The fraction of sp³-hybridized carbons (Fsp3) is 0.0652. The normalized spacial score (nSPS) is 13.2. The molecule has 0 spiro atoms. The van der Waals surface area contributed by atoms with Crippen molar-refractivity contribution in [2.45, 2.75) is 19.3 Å². The molecule has 2 heterocycles. The van der Waals surface area contributed by atoms with E-state index in [0.29, 0.717) is 17.5 Å². The number of aromatic nitrogens is 3. The van der Waals surface area contributed by atoms with Gasteiger partial charge in [-0.15, -0.1) is 0 Å². The number of fused-ring (bicyclic) bond motifs is 8. The van der Waals surface area contributed by atoms with Gasteiger partial charge in [-0.05, 0) is 50.9 Å². The zero-order valence-electron chi connectivity index (χ0n) is 27.7. The van der Waals surface area contributed by atoms with Crippen molar-refractivity contribution < 1.29 is 4.42 Å². The van der Waals surface area contributed by atoms with E-state index >= 15 is 0 Å². The van der Waals surface area contributed by atoms with Crippen LogP contribution in [0.15, 0.2) is 156 Å². The number of furan rings is 1. The minimum Gasteiger partial charge on any atom is -0.455 e. The number of rotatable bonds is 4. The largest absolute Gasteiger partial charge is 0.455 e. The highest BCUT2D eigenvalue weighted by atomic mass is 16.3. The number of para-hydroxylation sites is 1. The molecule has 50 heavy (non-hydrogen) atoms. The van der Waals surface area contributed by atoms with Crippen molar-refractivity contribution in [3.05, 3.63) is 163 Å². The fourth-order valence-corrected chi connectivity index (χ4v) is 7.95. The predicted molar refractivity (Wildman–Crippen MR) is 204 cm³/mol. The van der Waals surface area contributed by atoms with E-state index in [9.17, 15) is 0 Å². The lowest BCUT2D eigenvalue weighted by Crippen LogP contribution is -2.14. The second-order valence-electron chi connectivity index (χ2n) is 13.6. The van der Waals surface area contributed by atoms with Crippen molar-refractivity contribution in [3.63, 3.8) is 0 Å². The Morgan fingerprint density at radius 3 is 1.90 bits per heavy atom. The van der Waals surface area contributed by atoms with E-state index in [1.165, 1.54) is 22.3 Å². The van der Waals surface area contributed by atoms with Gasteiger partial charge in [0.25, 0.3) is 0 Å². The summed E-state index contributed by atoms with van der Waals surface area (Å²) < 4.78 is 6.68. The Bertz CT molecular complexity index is 2780. The predicted octanol–water partition coefficient (Wildman–Crippen LogP) is 11.9. The van der Waals surface area contributed by atoms with Crippen LogP contribution in [-0.4, -0.2) is 15.0 Å². The molecule has 10 rings (SSSR count). The van der Waals surface area contributed by atoms with Gasteiger partial charge in [0.15, 0.2) is 17.5 Å². The fourth-order valence-electron chi connectivity index (χ4n) is 7.95. The molecule has 9 aromatic rings. The lowest BCUT2D eigenvalue weighted by molar-refractivity contribution is 0.661. The lowest BCUT2D eigenvalue weighted by Gasteiger charge is -2.21. The van der Waals surface area contributed by atoms with Gasteiger partial charge in [-0.25, -0.2) is 15.0 Å². The molecule has 0 aliphatic heterocycles. The molecule has 0 amide bonds. The summed E-state index contributed by atoms with van der Waals surface area (Å²) >= 11 is 0. The summed E-state index contributed by atoms with van der Waals surface area (Å²) in [5.74, 6) is 1.82. The van der Waals surface area contributed by atoms with Crippen LogP contribution >= 0.6 is 0 Å². The van der Waals surface area contributed by atoms with Crippen LogP contribution in [0.25, 0.3) is 89.1 Å². The van der Waals surface area contributed by atoms with Crippen molar-refractivity contribution in [2.24, 2.45) is 0 Å². The van der Waals surface area contributed by atoms with E-state index in [4.69, 9.17) is 19.4 Å². The van der Waals surface area contributed by atoms with Crippen LogP contribution in [-0.2, 0) is 5.41 Å². The molecule has 0 fully saturated rings. The molecule has 4 heteroatoms. The molecule has 0 atom stereocenters. The van der Waals surface area contributed by atoms with E-state index in [1.807, 2.05) is 36.4 Å². The molecule has 0 saturated carbocycles. The first-order chi connectivity index (χ1) is 24.6. The summed E-state index contributed by atoms with van der Waals surface area (Å²) in [6.45, 7) is 4.64. The molecule has 7 aromatic carbocycles. The van der Waals surface area contributed by atoms with Crippen LogP contribution in [0, 0.1) is 0 Å².